The molecule has 4 nitrogen and oxygen atoms in total. The lowest BCUT2D eigenvalue weighted by atomic mass is 10.1. The van der Waals surface area contributed by atoms with E-state index in [1.807, 2.05) is 45.0 Å². The van der Waals surface area contributed by atoms with Crippen LogP contribution in [0.1, 0.15) is 56.5 Å². The number of nitrogens with zero attached hydrogens (tertiary/aromatic N) is 1. The van der Waals surface area contributed by atoms with Crippen molar-refractivity contribution in [2.24, 2.45) is 5.92 Å². The summed E-state index contributed by atoms with van der Waals surface area (Å²) in [7, 11) is 1.80. The average molecular weight is 304 g/mol. The number of rotatable bonds is 7. The van der Waals surface area contributed by atoms with Crippen LogP contribution in [0.25, 0.3) is 0 Å². The average Bonchev–Trinajstić information content (AvgIpc) is 2.51. The Morgan fingerprint density at radius 1 is 1.14 bits per heavy atom. The van der Waals surface area contributed by atoms with Crippen molar-refractivity contribution >= 4 is 11.8 Å². The van der Waals surface area contributed by atoms with Crippen molar-refractivity contribution in [3.05, 3.63) is 35.4 Å². The maximum absolute atomic E-state index is 12.2. The number of carbonyl (C=O) groups is 2. The zero-order chi connectivity index (χ0) is 16.7. The molecule has 1 aromatic rings. The minimum atomic E-state index is 0.0159. The first kappa shape index (κ1) is 18.2. The van der Waals surface area contributed by atoms with Crippen molar-refractivity contribution in [2.45, 2.75) is 53.1 Å². The highest BCUT2D eigenvalue weighted by Gasteiger charge is 2.14. The van der Waals surface area contributed by atoms with Crippen LogP contribution in [0.4, 0.5) is 0 Å². The smallest absolute Gasteiger partial charge is 0.253 e. The molecule has 0 fully saturated rings. The van der Waals surface area contributed by atoms with Crippen LogP contribution in [0, 0.1) is 5.92 Å². The maximum Gasteiger partial charge on any atom is 0.253 e. The molecule has 1 rings (SSSR count). The molecule has 0 aliphatic rings. The largest absolute Gasteiger partial charge is 0.352 e. The molecule has 2 amide bonds. The second-order valence-corrected chi connectivity index (χ2v) is 6.11. The van der Waals surface area contributed by atoms with Crippen molar-refractivity contribution in [3.63, 3.8) is 0 Å². The molecule has 0 bridgehead atoms. The van der Waals surface area contributed by atoms with Crippen molar-refractivity contribution in [2.75, 3.05) is 7.05 Å². The molecule has 0 saturated heterocycles. The van der Waals surface area contributed by atoms with Gasteiger partial charge in [0.2, 0.25) is 5.91 Å². The fourth-order valence-corrected chi connectivity index (χ4v) is 2.13. The Morgan fingerprint density at radius 2 is 1.73 bits per heavy atom. The van der Waals surface area contributed by atoms with Gasteiger partial charge in [0.1, 0.15) is 0 Å². The van der Waals surface area contributed by atoms with Crippen LogP contribution in [0.2, 0.25) is 0 Å². The van der Waals surface area contributed by atoms with E-state index in [2.05, 4.69) is 12.2 Å². The summed E-state index contributed by atoms with van der Waals surface area (Å²) in [5, 5.41) is 2.94. The van der Waals surface area contributed by atoms with Gasteiger partial charge in [-0.2, -0.15) is 0 Å². The Kier molecular flexibility index (Phi) is 7.09. The molecule has 1 N–H and O–H groups in total. The van der Waals surface area contributed by atoms with E-state index < -0.39 is 0 Å². The van der Waals surface area contributed by atoms with Crippen LogP contribution < -0.4 is 5.32 Å². The summed E-state index contributed by atoms with van der Waals surface area (Å²) in [4.78, 5) is 25.8. The topological polar surface area (TPSA) is 49.4 Å². The van der Waals surface area contributed by atoms with Gasteiger partial charge in [-0.1, -0.05) is 32.4 Å². The van der Waals surface area contributed by atoms with Crippen LogP contribution in [0.5, 0.6) is 0 Å². The molecule has 0 saturated carbocycles. The zero-order valence-corrected chi connectivity index (χ0v) is 14.3. The minimum absolute atomic E-state index is 0.0159. The van der Waals surface area contributed by atoms with E-state index in [4.69, 9.17) is 0 Å². The molecular formula is C18H28N2O2. The first-order valence-electron chi connectivity index (χ1n) is 8.00. The number of hydrogen-bond acceptors (Lipinski definition) is 2. The van der Waals surface area contributed by atoms with Gasteiger partial charge >= 0.3 is 0 Å². The fourth-order valence-electron chi connectivity index (χ4n) is 2.13. The molecule has 0 radical (unpaired) electrons. The Morgan fingerprint density at radius 3 is 2.23 bits per heavy atom. The molecule has 1 atom stereocenters. The lowest BCUT2D eigenvalue weighted by Crippen LogP contribution is -2.33. The molecule has 1 aromatic carbocycles. The summed E-state index contributed by atoms with van der Waals surface area (Å²) in [5.74, 6) is 0.147. The Labute approximate surface area is 133 Å². The number of carbonyl (C=O) groups excluding carboxylic acids is 2. The van der Waals surface area contributed by atoms with Crippen molar-refractivity contribution < 1.29 is 9.59 Å². The van der Waals surface area contributed by atoms with Crippen molar-refractivity contribution in [3.8, 4) is 0 Å². The summed E-state index contributed by atoms with van der Waals surface area (Å²) in [6.07, 6.45) is 1.91. The van der Waals surface area contributed by atoms with Gasteiger partial charge in [0.25, 0.3) is 5.91 Å². The predicted octanol–water partition coefficient (Wildman–Crippen LogP) is 3.22. The van der Waals surface area contributed by atoms with E-state index in [-0.39, 0.29) is 23.8 Å². The van der Waals surface area contributed by atoms with Gasteiger partial charge in [-0.25, -0.2) is 0 Å². The molecular weight excluding hydrogens is 276 g/mol. The Hall–Kier alpha value is -1.84. The first-order chi connectivity index (χ1) is 10.4. The van der Waals surface area contributed by atoms with Gasteiger partial charge in [-0.05, 0) is 38.0 Å². The third-order valence-electron chi connectivity index (χ3n) is 3.93. The van der Waals surface area contributed by atoms with Crippen molar-refractivity contribution in [1.29, 1.82) is 0 Å². The molecule has 4 heteroatoms. The molecule has 22 heavy (non-hydrogen) atoms. The second-order valence-electron chi connectivity index (χ2n) is 6.11. The highest BCUT2D eigenvalue weighted by Crippen LogP contribution is 2.10. The maximum atomic E-state index is 12.2. The summed E-state index contributed by atoms with van der Waals surface area (Å²) in [5.41, 5.74) is 1.67. The van der Waals surface area contributed by atoms with Crippen LogP contribution in [0.3, 0.4) is 0 Å². The SMILES string of the molecule is CCCC(C)C(=O)NCc1ccc(C(=O)N(C)C(C)C)cc1. The van der Waals surface area contributed by atoms with Crippen LogP contribution in [0.15, 0.2) is 24.3 Å². The summed E-state index contributed by atoms with van der Waals surface area (Å²) in [6.45, 7) is 8.50. The van der Waals surface area contributed by atoms with E-state index >= 15 is 0 Å². The fraction of sp³-hybridized carbons (Fsp3) is 0.556. The third kappa shape index (κ3) is 5.17. The zero-order valence-electron chi connectivity index (χ0n) is 14.3. The predicted molar refractivity (Wildman–Crippen MR) is 89.6 cm³/mol. The van der Waals surface area contributed by atoms with Gasteiger partial charge in [0, 0.05) is 31.1 Å². The summed E-state index contributed by atoms with van der Waals surface area (Å²) < 4.78 is 0. The quantitative estimate of drug-likeness (QED) is 0.841. The number of amides is 2. The number of benzene rings is 1. The normalized spacial score (nSPS) is 12.1. The first-order valence-corrected chi connectivity index (χ1v) is 8.00. The van der Waals surface area contributed by atoms with E-state index in [1.165, 1.54) is 0 Å². The number of nitrogens with one attached hydrogen (secondary N) is 1. The highest BCUT2D eigenvalue weighted by atomic mass is 16.2. The van der Waals surface area contributed by atoms with Gasteiger partial charge in [0.15, 0.2) is 0 Å². The monoisotopic (exact) mass is 304 g/mol. The van der Waals surface area contributed by atoms with Crippen LogP contribution in [-0.2, 0) is 11.3 Å². The van der Waals surface area contributed by atoms with E-state index in [0.29, 0.717) is 12.1 Å². The molecule has 0 aromatic heterocycles. The van der Waals surface area contributed by atoms with E-state index in [0.717, 1.165) is 18.4 Å². The minimum Gasteiger partial charge on any atom is -0.352 e. The van der Waals surface area contributed by atoms with Gasteiger partial charge < -0.3 is 10.2 Å². The Bertz CT molecular complexity index is 494. The van der Waals surface area contributed by atoms with Gasteiger partial charge in [-0.3, -0.25) is 9.59 Å². The second kappa shape index (κ2) is 8.57. The van der Waals surface area contributed by atoms with Crippen molar-refractivity contribution in [1.82, 2.24) is 10.2 Å². The standard InChI is InChI=1S/C18H28N2O2/c1-6-7-14(4)17(21)19-12-15-8-10-16(11-9-15)18(22)20(5)13(2)3/h8-11,13-14H,6-7,12H2,1-5H3,(H,19,21). The lowest BCUT2D eigenvalue weighted by Gasteiger charge is -2.21. The molecule has 1 unspecified atom stereocenters. The highest BCUT2D eigenvalue weighted by molar-refractivity contribution is 5.94. The summed E-state index contributed by atoms with van der Waals surface area (Å²) in [6, 6.07) is 7.60. The lowest BCUT2D eigenvalue weighted by molar-refractivity contribution is -0.124. The molecule has 0 heterocycles. The molecule has 0 aliphatic carbocycles. The van der Waals surface area contributed by atoms with Gasteiger partial charge in [0.05, 0.1) is 0 Å². The van der Waals surface area contributed by atoms with E-state index in [1.54, 1.807) is 11.9 Å². The van der Waals surface area contributed by atoms with Gasteiger partial charge in [-0.15, -0.1) is 0 Å². The molecule has 0 aliphatic heterocycles. The third-order valence-corrected chi connectivity index (χ3v) is 3.93. The Balaban J connectivity index is 2.59. The molecule has 0 spiro atoms. The molecule has 122 valence electrons. The summed E-state index contributed by atoms with van der Waals surface area (Å²) >= 11 is 0. The van der Waals surface area contributed by atoms with E-state index in [9.17, 15) is 9.59 Å². The van der Waals surface area contributed by atoms with Crippen LogP contribution in [-0.4, -0.2) is 29.8 Å². The van der Waals surface area contributed by atoms with Crippen LogP contribution >= 0.6 is 0 Å². The number of hydrogen-bond donors (Lipinski definition) is 1.